The summed E-state index contributed by atoms with van der Waals surface area (Å²) in [6, 6.07) is 11.9. The molecule has 0 fully saturated rings. The maximum Gasteiger partial charge on any atom is 0.320 e. The lowest BCUT2D eigenvalue weighted by molar-refractivity contribution is 0.253. The van der Waals surface area contributed by atoms with Crippen LogP contribution in [0, 0.1) is 0 Å². The van der Waals surface area contributed by atoms with Crippen molar-refractivity contribution in [2.75, 3.05) is 24.6 Å². The Morgan fingerprint density at radius 1 is 1.13 bits per heavy atom. The SMILES string of the molecule is NC(=O)N1CCCc2cc(-c3cncc(-c4cccc(SNCCO)c4)c3)cnc21. The molecule has 0 atom stereocenters. The third-order valence-electron chi connectivity index (χ3n) is 4.94. The molecule has 0 saturated heterocycles. The minimum absolute atomic E-state index is 0.102. The van der Waals surface area contributed by atoms with E-state index in [-0.39, 0.29) is 6.61 Å². The summed E-state index contributed by atoms with van der Waals surface area (Å²) in [6.07, 6.45) is 7.17. The first-order valence-electron chi connectivity index (χ1n) is 9.78. The minimum Gasteiger partial charge on any atom is -0.395 e. The summed E-state index contributed by atoms with van der Waals surface area (Å²) >= 11 is 1.49. The quantitative estimate of drug-likeness (QED) is 0.417. The van der Waals surface area contributed by atoms with E-state index in [2.05, 4.69) is 32.9 Å². The van der Waals surface area contributed by atoms with Crippen molar-refractivity contribution in [3.63, 3.8) is 0 Å². The molecular formula is C22H23N5O2S. The molecule has 1 aliphatic rings. The molecular weight excluding hydrogens is 398 g/mol. The molecule has 8 heteroatoms. The Morgan fingerprint density at radius 3 is 2.73 bits per heavy atom. The summed E-state index contributed by atoms with van der Waals surface area (Å²) in [7, 11) is 0. The number of pyridine rings is 2. The Morgan fingerprint density at radius 2 is 1.93 bits per heavy atom. The van der Waals surface area contributed by atoms with Crippen molar-refractivity contribution < 1.29 is 9.90 Å². The maximum absolute atomic E-state index is 11.7. The number of hydrogen-bond donors (Lipinski definition) is 3. The van der Waals surface area contributed by atoms with Gasteiger partial charge in [-0.1, -0.05) is 12.1 Å². The third kappa shape index (κ3) is 4.46. The summed E-state index contributed by atoms with van der Waals surface area (Å²) in [6.45, 7) is 1.24. The fourth-order valence-corrected chi connectivity index (χ4v) is 4.20. The predicted octanol–water partition coefficient (Wildman–Crippen LogP) is 3.23. The van der Waals surface area contributed by atoms with E-state index in [1.54, 1.807) is 6.20 Å². The van der Waals surface area contributed by atoms with Crippen molar-refractivity contribution in [1.82, 2.24) is 14.7 Å². The van der Waals surface area contributed by atoms with E-state index in [0.29, 0.717) is 18.9 Å². The second kappa shape index (κ2) is 9.25. The molecule has 0 unspecified atom stereocenters. The molecule has 7 nitrogen and oxygen atoms in total. The van der Waals surface area contributed by atoms with Crippen molar-refractivity contribution in [1.29, 1.82) is 0 Å². The zero-order chi connectivity index (χ0) is 20.9. The number of urea groups is 1. The lowest BCUT2D eigenvalue weighted by Crippen LogP contribution is -2.40. The Labute approximate surface area is 179 Å². The van der Waals surface area contributed by atoms with Crippen LogP contribution in [0.15, 0.2) is 59.9 Å². The van der Waals surface area contributed by atoms with Crippen molar-refractivity contribution in [3.8, 4) is 22.3 Å². The van der Waals surface area contributed by atoms with Gasteiger partial charge in [-0.05, 0) is 60.2 Å². The van der Waals surface area contributed by atoms with E-state index >= 15 is 0 Å². The summed E-state index contributed by atoms with van der Waals surface area (Å²) < 4.78 is 3.11. The third-order valence-corrected chi connectivity index (χ3v) is 5.77. The van der Waals surface area contributed by atoms with Gasteiger partial charge in [0.05, 0.1) is 6.61 Å². The van der Waals surface area contributed by atoms with E-state index in [9.17, 15) is 4.79 Å². The number of nitrogens with two attached hydrogens (primary N) is 1. The minimum atomic E-state index is -0.467. The van der Waals surface area contributed by atoms with Gasteiger partial charge in [0, 0.05) is 53.3 Å². The fraction of sp³-hybridized carbons (Fsp3) is 0.227. The van der Waals surface area contributed by atoms with Gasteiger partial charge < -0.3 is 10.8 Å². The Kier molecular flexibility index (Phi) is 6.27. The summed E-state index contributed by atoms with van der Waals surface area (Å²) in [5.41, 5.74) is 10.5. The monoisotopic (exact) mass is 421 g/mol. The van der Waals surface area contributed by atoms with Crippen molar-refractivity contribution >= 4 is 23.8 Å². The van der Waals surface area contributed by atoms with E-state index < -0.39 is 6.03 Å². The van der Waals surface area contributed by atoms with Gasteiger partial charge in [-0.25, -0.2) is 9.78 Å². The van der Waals surface area contributed by atoms with Gasteiger partial charge in [0.15, 0.2) is 0 Å². The first-order chi connectivity index (χ1) is 14.7. The molecule has 2 amide bonds. The highest BCUT2D eigenvalue weighted by Crippen LogP contribution is 2.31. The molecule has 154 valence electrons. The van der Waals surface area contributed by atoms with Crippen LogP contribution in [0.4, 0.5) is 10.6 Å². The van der Waals surface area contributed by atoms with Crippen LogP contribution in [0.3, 0.4) is 0 Å². The van der Waals surface area contributed by atoms with Crippen molar-refractivity contribution in [2.45, 2.75) is 17.7 Å². The molecule has 4 rings (SSSR count). The average Bonchev–Trinajstić information content (AvgIpc) is 2.78. The highest BCUT2D eigenvalue weighted by atomic mass is 32.2. The van der Waals surface area contributed by atoms with Gasteiger partial charge in [0.2, 0.25) is 0 Å². The van der Waals surface area contributed by atoms with Crippen LogP contribution in [0.5, 0.6) is 0 Å². The number of benzene rings is 1. The van der Waals surface area contributed by atoms with E-state index in [4.69, 9.17) is 10.8 Å². The van der Waals surface area contributed by atoms with Gasteiger partial charge in [0.1, 0.15) is 5.82 Å². The number of aryl methyl sites for hydroxylation is 1. The Hall–Kier alpha value is -2.94. The number of primary amides is 1. The number of aliphatic hydroxyl groups is 1. The fourth-order valence-electron chi connectivity index (χ4n) is 3.51. The van der Waals surface area contributed by atoms with E-state index in [1.807, 2.05) is 30.6 Å². The number of anilines is 1. The topological polar surface area (TPSA) is 104 Å². The first-order valence-corrected chi connectivity index (χ1v) is 10.6. The number of fused-ring (bicyclic) bond motifs is 1. The number of aliphatic hydroxyl groups excluding tert-OH is 1. The van der Waals surface area contributed by atoms with Crippen LogP contribution in [-0.4, -0.2) is 40.8 Å². The molecule has 0 bridgehead atoms. The normalized spacial score (nSPS) is 13.2. The zero-order valence-electron chi connectivity index (χ0n) is 16.4. The number of amides is 2. The maximum atomic E-state index is 11.7. The lowest BCUT2D eigenvalue weighted by atomic mass is 9.99. The molecule has 0 saturated carbocycles. The van der Waals surface area contributed by atoms with Gasteiger partial charge in [-0.15, -0.1) is 0 Å². The Bertz CT molecular complexity index is 1060. The van der Waals surface area contributed by atoms with E-state index in [1.165, 1.54) is 16.8 Å². The molecule has 4 N–H and O–H groups in total. The molecule has 1 aliphatic heterocycles. The molecule has 3 heterocycles. The van der Waals surface area contributed by atoms with Crippen molar-refractivity contribution in [3.05, 3.63) is 60.6 Å². The molecule has 0 radical (unpaired) electrons. The standard InChI is InChI=1S/C22H23N5O2S/c23-22(29)27-7-2-4-16-9-19(14-25-21(16)27)18-10-17(12-24-13-18)15-3-1-5-20(11-15)30-26-6-8-28/h1,3,5,9-14,26,28H,2,4,6-8H2,(H2,23,29). The van der Waals surface area contributed by atoms with Gasteiger partial charge in [0.25, 0.3) is 0 Å². The van der Waals surface area contributed by atoms with Crippen molar-refractivity contribution in [2.24, 2.45) is 5.73 Å². The largest absolute Gasteiger partial charge is 0.395 e. The number of carbonyl (C=O) groups is 1. The van der Waals surface area contributed by atoms with Gasteiger partial charge >= 0.3 is 6.03 Å². The van der Waals surface area contributed by atoms with Gasteiger partial charge in [-0.2, -0.15) is 0 Å². The van der Waals surface area contributed by atoms with Crippen LogP contribution in [-0.2, 0) is 6.42 Å². The second-order valence-electron chi connectivity index (χ2n) is 7.01. The van der Waals surface area contributed by atoms with Crippen LogP contribution >= 0.6 is 11.9 Å². The number of carbonyl (C=O) groups excluding carboxylic acids is 1. The predicted molar refractivity (Wildman–Crippen MR) is 119 cm³/mol. The number of rotatable bonds is 6. The summed E-state index contributed by atoms with van der Waals surface area (Å²) in [5.74, 6) is 0.654. The highest BCUT2D eigenvalue weighted by Gasteiger charge is 2.22. The number of nitrogens with zero attached hydrogens (tertiary/aromatic N) is 3. The Balaban J connectivity index is 1.61. The molecule has 2 aromatic heterocycles. The van der Waals surface area contributed by atoms with Crippen LogP contribution in [0.25, 0.3) is 22.3 Å². The van der Waals surface area contributed by atoms with E-state index in [0.717, 1.165) is 45.6 Å². The molecule has 0 aliphatic carbocycles. The zero-order valence-corrected chi connectivity index (χ0v) is 17.2. The average molecular weight is 422 g/mol. The summed E-state index contributed by atoms with van der Waals surface area (Å²) in [5, 5.41) is 8.92. The summed E-state index contributed by atoms with van der Waals surface area (Å²) in [4.78, 5) is 23.2. The number of hydrogen-bond acceptors (Lipinski definition) is 6. The second-order valence-corrected chi connectivity index (χ2v) is 7.97. The number of aromatic nitrogens is 2. The smallest absolute Gasteiger partial charge is 0.320 e. The molecule has 3 aromatic rings. The first kappa shape index (κ1) is 20.3. The lowest BCUT2D eigenvalue weighted by Gasteiger charge is -2.26. The molecule has 0 spiro atoms. The molecule has 1 aromatic carbocycles. The highest BCUT2D eigenvalue weighted by molar-refractivity contribution is 7.97. The number of nitrogens with one attached hydrogen (secondary N) is 1. The van der Waals surface area contributed by atoms with Crippen LogP contribution in [0.2, 0.25) is 0 Å². The van der Waals surface area contributed by atoms with Gasteiger partial charge in [-0.3, -0.25) is 14.6 Å². The molecule has 30 heavy (non-hydrogen) atoms. The van der Waals surface area contributed by atoms with Crippen LogP contribution < -0.4 is 15.4 Å². The van der Waals surface area contributed by atoms with Crippen LogP contribution in [0.1, 0.15) is 12.0 Å².